The molecule has 2 aromatic rings. The zero-order valence-electron chi connectivity index (χ0n) is 9.20. The standard InChI is InChI=1S/C10H11N5O2/c1-14-5-4-11-10(14)7-12-8-2-3-9(13-6-8)15(16)17/h2-6,12H,7H2,1H3. The van der Waals surface area contributed by atoms with Crippen LogP contribution in [-0.4, -0.2) is 19.5 Å². The first kappa shape index (κ1) is 11.1. The molecule has 0 aliphatic heterocycles. The van der Waals surface area contributed by atoms with E-state index in [0.29, 0.717) is 6.54 Å². The van der Waals surface area contributed by atoms with Gasteiger partial charge in [0.2, 0.25) is 0 Å². The van der Waals surface area contributed by atoms with E-state index < -0.39 is 4.92 Å². The normalized spacial score (nSPS) is 10.2. The molecule has 0 radical (unpaired) electrons. The molecule has 17 heavy (non-hydrogen) atoms. The van der Waals surface area contributed by atoms with E-state index >= 15 is 0 Å². The van der Waals surface area contributed by atoms with Crippen molar-refractivity contribution in [2.45, 2.75) is 6.54 Å². The van der Waals surface area contributed by atoms with Crippen LogP contribution in [0.2, 0.25) is 0 Å². The van der Waals surface area contributed by atoms with Gasteiger partial charge < -0.3 is 20.0 Å². The van der Waals surface area contributed by atoms with Crippen LogP contribution in [0.4, 0.5) is 11.5 Å². The number of hydrogen-bond donors (Lipinski definition) is 1. The van der Waals surface area contributed by atoms with Gasteiger partial charge in [0.1, 0.15) is 5.82 Å². The molecule has 0 spiro atoms. The van der Waals surface area contributed by atoms with E-state index in [9.17, 15) is 10.1 Å². The molecule has 0 bridgehead atoms. The minimum absolute atomic E-state index is 0.160. The van der Waals surface area contributed by atoms with Crippen molar-refractivity contribution in [2.75, 3.05) is 5.32 Å². The molecule has 1 N–H and O–H groups in total. The summed E-state index contributed by atoms with van der Waals surface area (Å²) in [5.41, 5.74) is 0.721. The zero-order valence-corrected chi connectivity index (χ0v) is 9.20. The van der Waals surface area contributed by atoms with Crippen LogP contribution < -0.4 is 5.32 Å². The van der Waals surface area contributed by atoms with Crippen molar-refractivity contribution < 1.29 is 4.92 Å². The molecule has 0 amide bonds. The summed E-state index contributed by atoms with van der Waals surface area (Å²) < 4.78 is 1.89. The summed E-state index contributed by atoms with van der Waals surface area (Å²) in [6, 6.07) is 2.98. The predicted molar refractivity (Wildman–Crippen MR) is 61.4 cm³/mol. The van der Waals surface area contributed by atoms with Gasteiger partial charge in [-0.2, -0.15) is 0 Å². The van der Waals surface area contributed by atoms with E-state index in [1.807, 2.05) is 17.8 Å². The molecule has 2 rings (SSSR count). The van der Waals surface area contributed by atoms with Crippen LogP contribution in [0.5, 0.6) is 0 Å². The smallest absolute Gasteiger partial charge is 0.363 e. The zero-order chi connectivity index (χ0) is 12.3. The van der Waals surface area contributed by atoms with Crippen molar-refractivity contribution in [3.8, 4) is 0 Å². The monoisotopic (exact) mass is 233 g/mol. The highest BCUT2D eigenvalue weighted by molar-refractivity contribution is 5.43. The molecule has 0 aliphatic carbocycles. The number of anilines is 1. The number of nitrogens with zero attached hydrogens (tertiary/aromatic N) is 4. The lowest BCUT2D eigenvalue weighted by molar-refractivity contribution is -0.389. The highest BCUT2D eigenvalue weighted by Crippen LogP contribution is 2.12. The van der Waals surface area contributed by atoms with E-state index in [1.54, 1.807) is 12.3 Å². The summed E-state index contributed by atoms with van der Waals surface area (Å²) in [6.07, 6.45) is 5.00. The van der Waals surface area contributed by atoms with Crippen LogP contribution >= 0.6 is 0 Å². The molecular formula is C10H11N5O2. The SMILES string of the molecule is Cn1ccnc1CNc1ccc([N+](=O)[O-])nc1. The number of nitrogens with one attached hydrogen (secondary N) is 1. The molecule has 0 saturated heterocycles. The van der Waals surface area contributed by atoms with Gasteiger partial charge in [0, 0.05) is 25.5 Å². The summed E-state index contributed by atoms with van der Waals surface area (Å²) in [5, 5.41) is 13.5. The molecule has 0 atom stereocenters. The van der Waals surface area contributed by atoms with Crippen molar-refractivity contribution >= 4 is 11.5 Å². The Labute approximate surface area is 97.3 Å². The van der Waals surface area contributed by atoms with Crippen molar-refractivity contribution in [1.82, 2.24) is 14.5 Å². The summed E-state index contributed by atoms with van der Waals surface area (Å²) in [5.74, 6) is 0.718. The van der Waals surface area contributed by atoms with E-state index in [0.717, 1.165) is 11.5 Å². The summed E-state index contributed by atoms with van der Waals surface area (Å²) in [4.78, 5) is 17.7. The molecule has 2 heterocycles. The minimum Gasteiger partial charge on any atom is -0.375 e. The van der Waals surface area contributed by atoms with Crippen LogP contribution in [0, 0.1) is 10.1 Å². The van der Waals surface area contributed by atoms with E-state index in [4.69, 9.17) is 0 Å². The lowest BCUT2D eigenvalue weighted by atomic mass is 10.4. The highest BCUT2D eigenvalue weighted by Gasteiger charge is 2.06. The number of hydrogen-bond acceptors (Lipinski definition) is 5. The largest absolute Gasteiger partial charge is 0.375 e. The van der Waals surface area contributed by atoms with Gasteiger partial charge in [-0.1, -0.05) is 0 Å². The summed E-state index contributed by atoms with van der Waals surface area (Å²) in [6.45, 7) is 0.545. The molecule has 7 heteroatoms. The predicted octanol–water partition coefficient (Wildman–Crippen LogP) is 1.34. The van der Waals surface area contributed by atoms with Gasteiger partial charge in [-0.25, -0.2) is 4.98 Å². The Morgan fingerprint density at radius 2 is 2.29 bits per heavy atom. The van der Waals surface area contributed by atoms with Crippen LogP contribution in [-0.2, 0) is 13.6 Å². The van der Waals surface area contributed by atoms with Gasteiger partial charge in [0.05, 0.1) is 12.2 Å². The summed E-state index contributed by atoms with van der Waals surface area (Å²) in [7, 11) is 1.90. The first-order chi connectivity index (χ1) is 8.16. The minimum atomic E-state index is -0.525. The molecule has 2 aromatic heterocycles. The van der Waals surface area contributed by atoms with Crippen molar-refractivity contribution in [3.63, 3.8) is 0 Å². The van der Waals surface area contributed by atoms with Crippen molar-refractivity contribution in [2.24, 2.45) is 7.05 Å². The van der Waals surface area contributed by atoms with Gasteiger partial charge in [-0.05, 0) is 16.0 Å². The second-order valence-corrected chi connectivity index (χ2v) is 3.47. The fourth-order valence-corrected chi connectivity index (χ4v) is 1.35. The maximum atomic E-state index is 10.4. The highest BCUT2D eigenvalue weighted by atomic mass is 16.6. The Balaban J connectivity index is 2.00. The topological polar surface area (TPSA) is 85.9 Å². The molecule has 0 saturated carbocycles. The maximum Gasteiger partial charge on any atom is 0.363 e. The summed E-state index contributed by atoms with van der Waals surface area (Å²) >= 11 is 0. The van der Waals surface area contributed by atoms with Gasteiger partial charge in [0.25, 0.3) is 0 Å². The first-order valence-corrected chi connectivity index (χ1v) is 4.97. The third kappa shape index (κ3) is 2.57. The lowest BCUT2D eigenvalue weighted by Crippen LogP contribution is -2.05. The Bertz CT molecular complexity index is 520. The quantitative estimate of drug-likeness (QED) is 0.636. The molecular weight excluding hydrogens is 222 g/mol. The van der Waals surface area contributed by atoms with Crippen LogP contribution in [0.1, 0.15) is 5.82 Å². The second kappa shape index (κ2) is 4.60. The Morgan fingerprint density at radius 1 is 1.47 bits per heavy atom. The maximum absolute atomic E-state index is 10.4. The van der Waals surface area contributed by atoms with Crippen LogP contribution in [0.25, 0.3) is 0 Å². The molecule has 88 valence electrons. The second-order valence-electron chi connectivity index (χ2n) is 3.47. The van der Waals surface area contributed by atoms with Gasteiger partial charge in [-0.3, -0.25) is 0 Å². The van der Waals surface area contributed by atoms with Crippen LogP contribution in [0.3, 0.4) is 0 Å². The number of rotatable bonds is 4. The number of nitro groups is 1. The Kier molecular flexibility index (Phi) is 2.99. The Morgan fingerprint density at radius 3 is 2.82 bits per heavy atom. The number of aromatic nitrogens is 3. The molecule has 0 unspecified atom stereocenters. The average molecular weight is 233 g/mol. The van der Waals surface area contributed by atoms with E-state index in [2.05, 4.69) is 15.3 Å². The molecule has 7 nitrogen and oxygen atoms in total. The van der Waals surface area contributed by atoms with Gasteiger partial charge >= 0.3 is 5.82 Å². The number of aryl methyl sites for hydroxylation is 1. The fourth-order valence-electron chi connectivity index (χ4n) is 1.35. The van der Waals surface area contributed by atoms with Gasteiger partial charge in [-0.15, -0.1) is 0 Å². The third-order valence-electron chi connectivity index (χ3n) is 2.31. The van der Waals surface area contributed by atoms with Crippen LogP contribution in [0.15, 0.2) is 30.7 Å². The first-order valence-electron chi connectivity index (χ1n) is 4.97. The average Bonchev–Trinajstić information content (AvgIpc) is 2.73. The van der Waals surface area contributed by atoms with E-state index in [-0.39, 0.29) is 5.82 Å². The van der Waals surface area contributed by atoms with Gasteiger partial charge in [0.15, 0.2) is 6.20 Å². The fraction of sp³-hybridized carbons (Fsp3) is 0.200. The molecule has 0 aliphatic rings. The number of imidazole rings is 1. The van der Waals surface area contributed by atoms with Crippen molar-refractivity contribution in [1.29, 1.82) is 0 Å². The van der Waals surface area contributed by atoms with E-state index in [1.165, 1.54) is 12.3 Å². The molecule has 0 fully saturated rings. The third-order valence-corrected chi connectivity index (χ3v) is 2.31. The number of pyridine rings is 1. The Hall–Kier alpha value is -2.44. The van der Waals surface area contributed by atoms with Crippen molar-refractivity contribution in [3.05, 3.63) is 46.7 Å². The lowest BCUT2D eigenvalue weighted by Gasteiger charge is -2.04. The molecule has 0 aromatic carbocycles.